The fourth-order valence-corrected chi connectivity index (χ4v) is 3.13. The number of carbonyl (C=O) groups excluding carboxylic acids is 2. The molecule has 7 heteroatoms. The monoisotopic (exact) mass is 452 g/mol. The van der Waals surface area contributed by atoms with E-state index in [4.69, 9.17) is 21.1 Å². The summed E-state index contributed by atoms with van der Waals surface area (Å²) in [6.45, 7) is 8.26. The number of nitrogens with zero attached hydrogens (tertiary/aromatic N) is 1. The zero-order valence-electron chi connectivity index (χ0n) is 18.4. The number of rotatable bonds is 6. The van der Waals surface area contributed by atoms with Gasteiger partial charge < -0.3 is 14.8 Å². The summed E-state index contributed by atoms with van der Waals surface area (Å²) < 4.78 is 10.9. The molecule has 1 N–H and O–H groups in total. The van der Waals surface area contributed by atoms with Crippen LogP contribution in [0.15, 0.2) is 60.9 Å². The van der Waals surface area contributed by atoms with Gasteiger partial charge in [0.25, 0.3) is 5.91 Å². The first-order chi connectivity index (χ1) is 15.2. The Labute approximate surface area is 192 Å². The van der Waals surface area contributed by atoms with Crippen molar-refractivity contribution in [1.29, 1.82) is 0 Å². The van der Waals surface area contributed by atoms with Crippen LogP contribution in [0.4, 0.5) is 5.69 Å². The van der Waals surface area contributed by atoms with Gasteiger partial charge in [0, 0.05) is 23.5 Å². The van der Waals surface area contributed by atoms with Gasteiger partial charge in [-0.2, -0.15) is 0 Å². The minimum atomic E-state index is -0.567. The van der Waals surface area contributed by atoms with Gasteiger partial charge in [-0.25, -0.2) is 4.79 Å². The Bertz CT molecular complexity index is 1120. The van der Waals surface area contributed by atoms with Crippen LogP contribution in [-0.4, -0.2) is 23.5 Å². The van der Waals surface area contributed by atoms with Crippen LogP contribution < -0.4 is 10.1 Å². The Morgan fingerprint density at radius 3 is 2.38 bits per heavy atom. The first kappa shape index (κ1) is 23.3. The summed E-state index contributed by atoms with van der Waals surface area (Å²) in [5, 5.41) is 3.22. The quantitative estimate of drug-likeness (QED) is 0.447. The van der Waals surface area contributed by atoms with E-state index >= 15 is 0 Å². The minimum Gasteiger partial charge on any atom is -0.462 e. The zero-order chi connectivity index (χ0) is 23.3. The van der Waals surface area contributed by atoms with E-state index in [9.17, 15) is 9.59 Å². The van der Waals surface area contributed by atoms with Crippen LogP contribution in [0.5, 0.6) is 11.5 Å². The summed E-state index contributed by atoms with van der Waals surface area (Å²) >= 11 is 5.96. The minimum absolute atomic E-state index is 0.00210. The summed E-state index contributed by atoms with van der Waals surface area (Å²) in [7, 11) is 0. The van der Waals surface area contributed by atoms with Crippen molar-refractivity contribution in [1.82, 2.24) is 4.98 Å². The molecule has 0 aliphatic heterocycles. The third-order valence-corrected chi connectivity index (χ3v) is 4.86. The summed E-state index contributed by atoms with van der Waals surface area (Å²) in [5.74, 6) is -0.213. The van der Waals surface area contributed by atoms with Gasteiger partial charge >= 0.3 is 5.97 Å². The van der Waals surface area contributed by atoms with Crippen LogP contribution in [0, 0.1) is 0 Å². The van der Waals surface area contributed by atoms with Gasteiger partial charge in [0.1, 0.15) is 17.1 Å². The van der Waals surface area contributed by atoms with Crippen LogP contribution in [0.2, 0.25) is 5.02 Å². The number of halogens is 1. The van der Waals surface area contributed by atoms with Crippen LogP contribution in [-0.2, 0) is 10.2 Å². The maximum Gasteiger partial charge on any atom is 0.342 e. The lowest BCUT2D eigenvalue weighted by atomic mass is 9.87. The molecule has 1 amide bonds. The summed E-state index contributed by atoms with van der Waals surface area (Å²) in [5.41, 5.74) is 2.26. The van der Waals surface area contributed by atoms with Crippen molar-refractivity contribution in [2.45, 2.75) is 33.1 Å². The van der Waals surface area contributed by atoms with E-state index in [-0.39, 0.29) is 29.2 Å². The standard InChI is InChI=1S/C25H25ClN2O4/c1-5-31-24(30)21-13-19(10-11-22(21)32-20-12-18(26)14-27-15-20)28-23(29)16-6-8-17(9-7-16)25(2,3)4/h6-15H,5H2,1-4H3,(H,28,29). The van der Waals surface area contributed by atoms with Gasteiger partial charge in [0.05, 0.1) is 17.8 Å². The van der Waals surface area contributed by atoms with Crippen molar-refractivity contribution in [3.8, 4) is 11.5 Å². The highest BCUT2D eigenvalue weighted by atomic mass is 35.5. The van der Waals surface area contributed by atoms with Crippen LogP contribution in [0.25, 0.3) is 0 Å². The average molecular weight is 453 g/mol. The molecule has 6 nitrogen and oxygen atoms in total. The number of pyridine rings is 1. The van der Waals surface area contributed by atoms with Crippen molar-refractivity contribution in [2.75, 3.05) is 11.9 Å². The molecule has 0 bridgehead atoms. The Hall–Kier alpha value is -3.38. The zero-order valence-corrected chi connectivity index (χ0v) is 19.2. The fraction of sp³-hybridized carbons (Fsp3) is 0.240. The maximum absolute atomic E-state index is 12.7. The average Bonchev–Trinajstić information content (AvgIpc) is 2.74. The SMILES string of the molecule is CCOC(=O)c1cc(NC(=O)c2ccc(C(C)(C)C)cc2)ccc1Oc1cncc(Cl)c1. The number of amides is 1. The molecule has 0 fully saturated rings. The Morgan fingerprint density at radius 1 is 1.03 bits per heavy atom. The number of hydrogen-bond donors (Lipinski definition) is 1. The van der Waals surface area contributed by atoms with E-state index in [0.717, 1.165) is 5.56 Å². The molecular formula is C25H25ClN2O4. The number of esters is 1. The molecule has 32 heavy (non-hydrogen) atoms. The van der Waals surface area contributed by atoms with Gasteiger partial charge in [-0.15, -0.1) is 0 Å². The molecule has 0 radical (unpaired) electrons. The first-order valence-corrected chi connectivity index (χ1v) is 10.6. The highest BCUT2D eigenvalue weighted by Crippen LogP contribution is 2.30. The number of anilines is 1. The molecule has 0 unspecified atom stereocenters. The predicted octanol–water partition coefficient (Wildman–Crippen LogP) is 6.25. The highest BCUT2D eigenvalue weighted by molar-refractivity contribution is 6.30. The molecule has 0 spiro atoms. The molecule has 0 saturated carbocycles. The smallest absolute Gasteiger partial charge is 0.342 e. The molecule has 1 aromatic heterocycles. The van der Waals surface area contributed by atoms with Gasteiger partial charge in [-0.05, 0) is 48.2 Å². The van der Waals surface area contributed by atoms with E-state index in [0.29, 0.717) is 22.0 Å². The number of ether oxygens (including phenoxy) is 2. The lowest BCUT2D eigenvalue weighted by Crippen LogP contribution is -2.15. The van der Waals surface area contributed by atoms with E-state index in [2.05, 4.69) is 31.1 Å². The Balaban J connectivity index is 1.84. The molecular weight excluding hydrogens is 428 g/mol. The number of hydrogen-bond acceptors (Lipinski definition) is 5. The van der Waals surface area contributed by atoms with E-state index in [1.807, 2.05) is 12.1 Å². The highest BCUT2D eigenvalue weighted by Gasteiger charge is 2.18. The molecule has 1 heterocycles. The third-order valence-electron chi connectivity index (χ3n) is 4.65. The molecule has 3 rings (SSSR count). The van der Waals surface area contributed by atoms with Crippen molar-refractivity contribution in [2.24, 2.45) is 0 Å². The fourth-order valence-electron chi connectivity index (χ4n) is 2.97. The molecule has 2 aromatic carbocycles. The van der Waals surface area contributed by atoms with Gasteiger partial charge in [-0.3, -0.25) is 9.78 Å². The molecule has 166 valence electrons. The molecule has 3 aromatic rings. The van der Waals surface area contributed by atoms with E-state index in [1.54, 1.807) is 37.3 Å². The third kappa shape index (κ3) is 5.86. The molecule has 0 atom stereocenters. The molecule has 0 aliphatic rings. The Morgan fingerprint density at radius 2 is 1.75 bits per heavy atom. The van der Waals surface area contributed by atoms with E-state index < -0.39 is 5.97 Å². The van der Waals surface area contributed by atoms with Gasteiger partial charge in [0.15, 0.2) is 0 Å². The second-order valence-electron chi connectivity index (χ2n) is 8.15. The predicted molar refractivity (Wildman–Crippen MR) is 125 cm³/mol. The summed E-state index contributed by atoms with van der Waals surface area (Å²) in [6.07, 6.45) is 2.96. The first-order valence-electron chi connectivity index (χ1n) is 10.2. The van der Waals surface area contributed by atoms with Crippen LogP contribution >= 0.6 is 11.6 Å². The van der Waals surface area contributed by atoms with Crippen molar-refractivity contribution in [3.63, 3.8) is 0 Å². The topological polar surface area (TPSA) is 77.5 Å². The second-order valence-corrected chi connectivity index (χ2v) is 8.59. The van der Waals surface area contributed by atoms with Crippen molar-refractivity contribution < 1.29 is 19.1 Å². The largest absolute Gasteiger partial charge is 0.462 e. The lowest BCUT2D eigenvalue weighted by Gasteiger charge is -2.19. The lowest BCUT2D eigenvalue weighted by molar-refractivity contribution is 0.0523. The molecule has 0 aliphatic carbocycles. The summed E-state index contributed by atoms with van der Waals surface area (Å²) in [4.78, 5) is 29.2. The van der Waals surface area contributed by atoms with Gasteiger partial charge in [0.2, 0.25) is 0 Å². The van der Waals surface area contributed by atoms with Crippen LogP contribution in [0.1, 0.15) is 54.0 Å². The van der Waals surface area contributed by atoms with Crippen molar-refractivity contribution in [3.05, 3.63) is 82.6 Å². The van der Waals surface area contributed by atoms with Crippen LogP contribution in [0.3, 0.4) is 0 Å². The maximum atomic E-state index is 12.7. The Kier molecular flexibility index (Phi) is 7.15. The van der Waals surface area contributed by atoms with Gasteiger partial charge in [-0.1, -0.05) is 44.5 Å². The number of carbonyl (C=O) groups is 2. The summed E-state index contributed by atoms with van der Waals surface area (Å²) in [6, 6.07) is 13.8. The second kappa shape index (κ2) is 9.83. The number of benzene rings is 2. The molecule has 0 saturated heterocycles. The normalized spacial score (nSPS) is 11.0. The number of nitrogens with one attached hydrogen (secondary N) is 1. The van der Waals surface area contributed by atoms with E-state index in [1.165, 1.54) is 18.5 Å². The van der Waals surface area contributed by atoms with Crippen molar-refractivity contribution >= 4 is 29.2 Å². The number of aromatic nitrogens is 1.